The van der Waals surface area contributed by atoms with Crippen molar-refractivity contribution >= 4 is 11.9 Å². The second kappa shape index (κ2) is 7.13. The van der Waals surface area contributed by atoms with Gasteiger partial charge in [0.1, 0.15) is 17.1 Å². The van der Waals surface area contributed by atoms with Crippen molar-refractivity contribution in [2.24, 2.45) is 0 Å². The number of carboxylic acid groups (broad SMARTS) is 1. The Hall–Kier alpha value is -2.28. The van der Waals surface area contributed by atoms with Gasteiger partial charge in [-0.25, -0.2) is 0 Å². The lowest BCUT2D eigenvalue weighted by Gasteiger charge is -2.32. The van der Waals surface area contributed by atoms with E-state index in [0.717, 1.165) is 0 Å². The van der Waals surface area contributed by atoms with Gasteiger partial charge in [-0.2, -0.15) is 0 Å². The van der Waals surface area contributed by atoms with Gasteiger partial charge in [0.15, 0.2) is 0 Å². The van der Waals surface area contributed by atoms with Crippen LogP contribution in [0.1, 0.15) is 16.8 Å². The van der Waals surface area contributed by atoms with Crippen molar-refractivity contribution in [3.63, 3.8) is 0 Å². The summed E-state index contributed by atoms with van der Waals surface area (Å²) >= 11 is 0. The number of benzene rings is 1. The van der Waals surface area contributed by atoms with Crippen LogP contribution in [-0.4, -0.2) is 61.9 Å². The number of amides is 1. The first kappa shape index (κ1) is 16.1. The molecule has 1 fully saturated rings. The Morgan fingerprint density at radius 3 is 2.50 bits per heavy atom. The average Bonchev–Trinajstić information content (AvgIpc) is 2.52. The lowest BCUT2D eigenvalue weighted by atomic mass is 10.1. The maximum Gasteiger partial charge on any atom is 0.306 e. The number of rotatable bonds is 5. The zero-order valence-electron chi connectivity index (χ0n) is 12.6. The van der Waals surface area contributed by atoms with Crippen LogP contribution >= 0.6 is 0 Å². The molecule has 0 aliphatic carbocycles. The van der Waals surface area contributed by atoms with E-state index in [0.29, 0.717) is 30.2 Å². The minimum atomic E-state index is -0.950. The number of carbonyl (C=O) groups is 2. The molecule has 1 amide bonds. The van der Waals surface area contributed by atoms with E-state index in [1.165, 1.54) is 14.2 Å². The normalized spacial score (nSPS) is 17.9. The van der Waals surface area contributed by atoms with Crippen LogP contribution in [0.5, 0.6) is 11.5 Å². The largest absolute Gasteiger partial charge is 0.496 e. The van der Waals surface area contributed by atoms with Gasteiger partial charge in [-0.1, -0.05) is 6.07 Å². The molecule has 1 heterocycles. The summed E-state index contributed by atoms with van der Waals surface area (Å²) in [7, 11) is 2.97. The molecule has 120 valence electrons. The van der Waals surface area contributed by atoms with Crippen molar-refractivity contribution < 1.29 is 28.9 Å². The van der Waals surface area contributed by atoms with Gasteiger partial charge in [0.05, 0.1) is 33.4 Å². The van der Waals surface area contributed by atoms with E-state index in [-0.39, 0.29) is 18.9 Å². The third-order valence-corrected chi connectivity index (χ3v) is 3.47. The van der Waals surface area contributed by atoms with Crippen LogP contribution in [0.15, 0.2) is 18.2 Å². The molecular weight excluding hydrogens is 290 g/mol. The fourth-order valence-corrected chi connectivity index (χ4v) is 2.44. The number of aliphatic carboxylic acids is 1. The maximum absolute atomic E-state index is 12.8. The smallest absolute Gasteiger partial charge is 0.306 e. The molecule has 7 nitrogen and oxygen atoms in total. The Bertz CT molecular complexity index is 537. The van der Waals surface area contributed by atoms with Crippen LogP contribution in [0.2, 0.25) is 0 Å². The van der Waals surface area contributed by atoms with Gasteiger partial charge < -0.3 is 24.2 Å². The Balaban J connectivity index is 2.22. The van der Waals surface area contributed by atoms with E-state index in [1.807, 2.05) is 0 Å². The highest BCUT2D eigenvalue weighted by atomic mass is 16.5. The standard InChI is InChI=1S/C15H19NO6/c1-20-11-4-3-5-12(21-2)14(11)15(19)16-6-7-22-10(9-16)8-13(17)18/h3-5,10H,6-9H2,1-2H3,(H,17,18)/t10-/m0/s1. The van der Waals surface area contributed by atoms with Gasteiger partial charge in [-0.3, -0.25) is 9.59 Å². The first-order chi connectivity index (χ1) is 10.6. The first-order valence-electron chi connectivity index (χ1n) is 6.90. The van der Waals surface area contributed by atoms with Crippen LogP contribution < -0.4 is 9.47 Å². The Morgan fingerprint density at radius 1 is 1.32 bits per heavy atom. The van der Waals surface area contributed by atoms with E-state index in [9.17, 15) is 9.59 Å². The molecule has 0 saturated carbocycles. The summed E-state index contributed by atoms with van der Waals surface area (Å²) in [6, 6.07) is 5.11. The van der Waals surface area contributed by atoms with Crippen LogP contribution in [0, 0.1) is 0 Å². The molecule has 22 heavy (non-hydrogen) atoms. The molecule has 1 N–H and O–H groups in total. The van der Waals surface area contributed by atoms with Crippen molar-refractivity contribution in [3.8, 4) is 11.5 Å². The zero-order chi connectivity index (χ0) is 16.1. The Morgan fingerprint density at radius 2 is 1.95 bits per heavy atom. The highest BCUT2D eigenvalue weighted by Crippen LogP contribution is 2.30. The molecule has 0 spiro atoms. The van der Waals surface area contributed by atoms with Gasteiger partial charge in [0, 0.05) is 13.1 Å². The second-order valence-corrected chi connectivity index (χ2v) is 4.88. The predicted octanol–water partition coefficient (Wildman–Crippen LogP) is 1.02. The molecule has 2 rings (SSSR count). The van der Waals surface area contributed by atoms with Crippen LogP contribution in [0.25, 0.3) is 0 Å². The average molecular weight is 309 g/mol. The summed E-state index contributed by atoms with van der Waals surface area (Å²) in [4.78, 5) is 25.1. The number of carboxylic acids is 1. The number of hydrogen-bond donors (Lipinski definition) is 1. The molecule has 1 aromatic rings. The van der Waals surface area contributed by atoms with Crippen molar-refractivity contribution in [1.29, 1.82) is 0 Å². The minimum absolute atomic E-state index is 0.132. The second-order valence-electron chi connectivity index (χ2n) is 4.88. The number of carbonyl (C=O) groups excluding carboxylic acids is 1. The van der Waals surface area contributed by atoms with E-state index in [2.05, 4.69) is 0 Å². The summed E-state index contributed by atoms with van der Waals surface area (Å²) in [5.74, 6) is -0.363. The lowest BCUT2D eigenvalue weighted by molar-refractivity contribution is -0.141. The molecule has 0 aromatic heterocycles. The molecular formula is C15H19NO6. The van der Waals surface area contributed by atoms with Gasteiger partial charge in [0.25, 0.3) is 5.91 Å². The Labute approximate surface area is 128 Å². The third kappa shape index (κ3) is 3.48. The fraction of sp³-hybridized carbons (Fsp3) is 0.467. The van der Waals surface area contributed by atoms with Gasteiger partial charge in [-0.05, 0) is 12.1 Å². The van der Waals surface area contributed by atoms with Crippen LogP contribution in [-0.2, 0) is 9.53 Å². The molecule has 1 aromatic carbocycles. The summed E-state index contributed by atoms with van der Waals surface area (Å²) in [5, 5.41) is 8.85. The molecule has 1 saturated heterocycles. The van der Waals surface area contributed by atoms with Crippen LogP contribution in [0.3, 0.4) is 0 Å². The molecule has 0 radical (unpaired) electrons. The number of methoxy groups -OCH3 is 2. The third-order valence-electron chi connectivity index (χ3n) is 3.47. The SMILES string of the molecule is COc1cccc(OC)c1C(=O)N1CCO[C@@H](CC(=O)O)C1. The summed E-state index contributed by atoms with van der Waals surface area (Å²) in [5.41, 5.74) is 0.337. The van der Waals surface area contributed by atoms with Crippen molar-refractivity contribution in [3.05, 3.63) is 23.8 Å². The summed E-state index contributed by atoms with van der Waals surface area (Å²) in [6.45, 7) is 0.934. The molecule has 7 heteroatoms. The number of nitrogens with zero attached hydrogens (tertiary/aromatic N) is 1. The van der Waals surface area contributed by atoms with Gasteiger partial charge in [-0.15, -0.1) is 0 Å². The van der Waals surface area contributed by atoms with Crippen LogP contribution in [0.4, 0.5) is 0 Å². The van der Waals surface area contributed by atoms with E-state index >= 15 is 0 Å². The molecule has 1 atom stereocenters. The van der Waals surface area contributed by atoms with Gasteiger partial charge in [0.2, 0.25) is 0 Å². The van der Waals surface area contributed by atoms with Crippen molar-refractivity contribution in [1.82, 2.24) is 4.90 Å². The molecule has 0 bridgehead atoms. The molecule has 0 unspecified atom stereocenters. The lowest BCUT2D eigenvalue weighted by Crippen LogP contribution is -2.46. The van der Waals surface area contributed by atoms with E-state index < -0.39 is 12.1 Å². The topological polar surface area (TPSA) is 85.3 Å². The van der Waals surface area contributed by atoms with Crippen molar-refractivity contribution in [2.45, 2.75) is 12.5 Å². The number of morpholine rings is 1. The first-order valence-corrected chi connectivity index (χ1v) is 6.90. The highest BCUT2D eigenvalue weighted by Gasteiger charge is 2.29. The van der Waals surface area contributed by atoms with Crippen molar-refractivity contribution in [2.75, 3.05) is 33.9 Å². The van der Waals surface area contributed by atoms with Gasteiger partial charge >= 0.3 is 5.97 Å². The Kier molecular flexibility index (Phi) is 5.21. The quantitative estimate of drug-likeness (QED) is 0.874. The zero-order valence-corrected chi connectivity index (χ0v) is 12.6. The number of ether oxygens (including phenoxy) is 3. The number of hydrogen-bond acceptors (Lipinski definition) is 5. The predicted molar refractivity (Wildman–Crippen MR) is 77.4 cm³/mol. The monoisotopic (exact) mass is 309 g/mol. The molecule has 1 aliphatic rings. The minimum Gasteiger partial charge on any atom is -0.496 e. The molecule has 1 aliphatic heterocycles. The maximum atomic E-state index is 12.8. The highest BCUT2D eigenvalue weighted by molar-refractivity contribution is 5.99. The fourth-order valence-electron chi connectivity index (χ4n) is 2.44. The summed E-state index contributed by atoms with van der Waals surface area (Å²) in [6.07, 6.45) is -0.636. The van der Waals surface area contributed by atoms with E-state index in [4.69, 9.17) is 19.3 Å². The van der Waals surface area contributed by atoms with E-state index in [1.54, 1.807) is 23.1 Å². The summed E-state index contributed by atoms with van der Waals surface area (Å²) < 4.78 is 15.9.